The van der Waals surface area contributed by atoms with E-state index in [9.17, 15) is 4.79 Å². The van der Waals surface area contributed by atoms with Gasteiger partial charge in [-0.1, -0.05) is 0 Å². The number of piperidine rings is 1. The summed E-state index contributed by atoms with van der Waals surface area (Å²) >= 11 is 0. The number of carbonyl (C=O) groups excluding carboxylic acids is 1. The van der Waals surface area contributed by atoms with Crippen LogP contribution in [0.2, 0.25) is 0 Å². The third kappa shape index (κ3) is 4.55. The van der Waals surface area contributed by atoms with Gasteiger partial charge in [-0.2, -0.15) is 0 Å². The highest BCUT2D eigenvalue weighted by Crippen LogP contribution is 2.25. The van der Waals surface area contributed by atoms with Crippen LogP contribution < -0.4 is 16.0 Å². The van der Waals surface area contributed by atoms with Crippen LogP contribution in [0.1, 0.15) is 39.2 Å². The van der Waals surface area contributed by atoms with Gasteiger partial charge in [0.05, 0.1) is 0 Å². The molecule has 0 radical (unpaired) electrons. The number of aryl methyl sites for hydroxylation is 1. The standard InChI is InChI=1S/C17H27N3O2/c1-12-11-13(18)5-6-15(12)20-9-7-14(8-10-20)19-16(21)22-17(2,3)4/h5-6,11,14H,7-10,18H2,1-4H3,(H,19,21). The molecule has 0 aliphatic carbocycles. The molecule has 1 aliphatic heterocycles. The predicted octanol–water partition coefficient (Wildman–Crippen LogP) is 3.07. The van der Waals surface area contributed by atoms with Crippen molar-refractivity contribution in [1.82, 2.24) is 5.32 Å². The van der Waals surface area contributed by atoms with Crippen molar-refractivity contribution in [2.24, 2.45) is 0 Å². The second-order valence-electron chi connectivity index (χ2n) is 6.95. The van der Waals surface area contributed by atoms with E-state index in [1.54, 1.807) is 0 Å². The van der Waals surface area contributed by atoms with Gasteiger partial charge in [-0.05, 0) is 64.3 Å². The van der Waals surface area contributed by atoms with E-state index in [0.717, 1.165) is 31.6 Å². The van der Waals surface area contributed by atoms with E-state index in [1.807, 2.05) is 32.9 Å². The Labute approximate surface area is 132 Å². The lowest BCUT2D eigenvalue weighted by Gasteiger charge is -2.35. The van der Waals surface area contributed by atoms with Crippen molar-refractivity contribution >= 4 is 17.5 Å². The molecule has 1 aromatic carbocycles. The summed E-state index contributed by atoms with van der Waals surface area (Å²) in [4.78, 5) is 14.2. The van der Waals surface area contributed by atoms with Gasteiger partial charge in [0.1, 0.15) is 5.60 Å². The van der Waals surface area contributed by atoms with Gasteiger partial charge in [-0.15, -0.1) is 0 Å². The molecule has 0 spiro atoms. The van der Waals surface area contributed by atoms with E-state index in [-0.39, 0.29) is 12.1 Å². The Morgan fingerprint density at radius 1 is 1.32 bits per heavy atom. The smallest absolute Gasteiger partial charge is 0.407 e. The first-order valence-corrected chi connectivity index (χ1v) is 7.85. The molecule has 1 heterocycles. The van der Waals surface area contributed by atoms with E-state index >= 15 is 0 Å². The summed E-state index contributed by atoms with van der Waals surface area (Å²) in [7, 11) is 0. The zero-order valence-electron chi connectivity index (χ0n) is 14.0. The fourth-order valence-electron chi connectivity index (χ4n) is 2.77. The number of alkyl carbamates (subject to hydrolysis) is 1. The number of nitrogens with one attached hydrogen (secondary N) is 1. The number of hydrogen-bond acceptors (Lipinski definition) is 4. The molecule has 1 saturated heterocycles. The normalized spacial score (nSPS) is 16.5. The third-order valence-electron chi connectivity index (χ3n) is 3.78. The molecule has 1 aromatic rings. The summed E-state index contributed by atoms with van der Waals surface area (Å²) in [6.45, 7) is 9.55. The van der Waals surface area contributed by atoms with Crippen LogP contribution in [-0.2, 0) is 4.74 Å². The summed E-state index contributed by atoms with van der Waals surface area (Å²) in [5, 5.41) is 2.96. The molecule has 122 valence electrons. The minimum atomic E-state index is -0.453. The number of anilines is 2. The molecule has 0 saturated carbocycles. The van der Waals surface area contributed by atoms with Gasteiger partial charge in [0.2, 0.25) is 0 Å². The highest BCUT2D eigenvalue weighted by atomic mass is 16.6. The number of benzene rings is 1. The van der Waals surface area contributed by atoms with Crippen LogP contribution in [0.15, 0.2) is 18.2 Å². The quantitative estimate of drug-likeness (QED) is 0.824. The number of hydrogen-bond donors (Lipinski definition) is 2. The fourth-order valence-corrected chi connectivity index (χ4v) is 2.77. The Balaban J connectivity index is 1.86. The molecular formula is C17H27N3O2. The molecule has 5 heteroatoms. The van der Waals surface area contributed by atoms with E-state index in [1.165, 1.54) is 11.3 Å². The first-order valence-electron chi connectivity index (χ1n) is 7.85. The second-order valence-corrected chi connectivity index (χ2v) is 6.95. The van der Waals surface area contributed by atoms with Crippen LogP contribution in [0.5, 0.6) is 0 Å². The van der Waals surface area contributed by atoms with Gasteiger partial charge in [0.25, 0.3) is 0 Å². The van der Waals surface area contributed by atoms with Gasteiger partial charge in [0.15, 0.2) is 0 Å². The van der Waals surface area contributed by atoms with Gasteiger partial charge in [0, 0.05) is 30.5 Å². The van der Waals surface area contributed by atoms with Crippen molar-refractivity contribution in [2.45, 2.75) is 52.2 Å². The molecule has 0 unspecified atom stereocenters. The van der Waals surface area contributed by atoms with Crippen LogP contribution >= 0.6 is 0 Å². The van der Waals surface area contributed by atoms with E-state index in [4.69, 9.17) is 10.5 Å². The minimum Gasteiger partial charge on any atom is -0.444 e. The minimum absolute atomic E-state index is 0.181. The SMILES string of the molecule is Cc1cc(N)ccc1N1CCC(NC(=O)OC(C)(C)C)CC1. The van der Waals surface area contributed by atoms with Crippen molar-refractivity contribution in [1.29, 1.82) is 0 Å². The number of nitrogen functional groups attached to an aromatic ring is 1. The van der Waals surface area contributed by atoms with Crippen molar-refractivity contribution in [3.8, 4) is 0 Å². The van der Waals surface area contributed by atoms with Crippen LogP contribution in [0.3, 0.4) is 0 Å². The Bertz CT molecular complexity index is 529. The van der Waals surface area contributed by atoms with Gasteiger partial charge < -0.3 is 20.7 Å². The second kappa shape index (κ2) is 6.46. The van der Waals surface area contributed by atoms with Crippen LogP contribution in [0.4, 0.5) is 16.2 Å². The molecule has 1 fully saturated rings. The van der Waals surface area contributed by atoms with Gasteiger partial charge in [-0.25, -0.2) is 4.79 Å². The average molecular weight is 305 g/mol. The highest BCUT2D eigenvalue weighted by Gasteiger charge is 2.24. The molecule has 3 N–H and O–H groups in total. The molecule has 2 rings (SSSR count). The number of nitrogens with zero attached hydrogens (tertiary/aromatic N) is 1. The van der Waals surface area contributed by atoms with E-state index in [2.05, 4.69) is 23.2 Å². The van der Waals surface area contributed by atoms with Crippen molar-refractivity contribution in [3.05, 3.63) is 23.8 Å². The lowest BCUT2D eigenvalue weighted by molar-refractivity contribution is 0.0497. The van der Waals surface area contributed by atoms with Gasteiger partial charge in [-0.3, -0.25) is 0 Å². The summed E-state index contributed by atoms with van der Waals surface area (Å²) < 4.78 is 5.31. The molecule has 1 amide bonds. The fraction of sp³-hybridized carbons (Fsp3) is 0.588. The Kier molecular flexibility index (Phi) is 4.84. The van der Waals surface area contributed by atoms with Gasteiger partial charge >= 0.3 is 6.09 Å². The van der Waals surface area contributed by atoms with Crippen molar-refractivity contribution in [3.63, 3.8) is 0 Å². The Morgan fingerprint density at radius 3 is 2.50 bits per heavy atom. The molecule has 5 nitrogen and oxygen atoms in total. The maximum atomic E-state index is 11.8. The summed E-state index contributed by atoms with van der Waals surface area (Å²) in [5.41, 5.74) is 8.57. The Morgan fingerprint density at radius 2 is 1.95 bits per heavy atom. The van der Waals surface area contributed by atoms with Crippen molar-refractivity contribution in [2.75, 3.05) is 23.7 Å². The van der Waals surface area contributed by atoms with E-state index < -0.39 is 5.60 Å². The highest BCUT2D eigenvalue weighted by molar-refractivity contribution is 5.68. The number of amides is 1. The monoisotopic (exact) mass is 305 g/mol. The number of ether oxygens (including phenoxy) is 1. The zero-order valence-corrected chi connectivity index (χ0v) is 14.0. The maximum absolute atomic E-state index is 11.8. The summed E-state index contributed by atoms with van der Waals surface area (Å²) in [6.07, 6.45) is 1.51. The molecule has 22 heavy (non-hydrogen) atoms. The largest absolute Gasteiger partial charge is 0.444 e. The van der Waals surface area contributed by atoms with Crippen LogP contribution in [-0.4, -0.2) is 30.8 Å². The predicted molar refractivity (Wildman–Crippen MR) is 90.2 cm³/mol. The maximum Gasteiger partial charge on any atom is 0.407 e. The van der Waals surface area contributed by atoms with Crippen LogP contribution in [0, 0.1) is 6.92 Å². The zero-order chi connectivity index (χ0) is 16.3. The lowest BCUT2D eigenvalue weighted by Crippen LogP contribution is -2.46. The average Bonchev–Trinajstić information content (AvgIpc) is 2.38. The first-order chi connectivity index (χ1) is 10.2. The lowest BCUT2D eigenvalue weighted by atomic mass is 10.0. The number of carbonyl (C=O) groups is 1. The molecular weight excluding hydrogens is 278 g/mol. The summed E-state index contributed by atoms with van der Waals surface area (Å²) in [6, 6.07) is 6.19. The number of rotatable bonds is 2. The Hall–Kier alpha value is -1.91. The molecule has 0 atom stereocenters. The van der Waals surface area contributed by atoms with Crippen molar-refractivity contribution < 1.29 is 9.53 Å². The van der Waals surface area contributed by atoms with E-state index in [0.29, 0.717) is 0 Å². The first kappa shape index (κ1) is 16.5. The molecule has 0 aromatic heterocycles. The topological polar surface area (TPSA) is 67.6 Å². The third-order valence-corrected chi connectivity index (χ3v) is 3.78. The molecule has 0 bridgehead atoms. The molecule has 1 aliphatic rings. The summed E-state index contributed by atoms with van der Waals surface area (Å²) in [5.74, 6) is 0. The number of nitrogens with two attached hydrogens (primary N) is 1. The van der Waals surface area contributed by atoms with Crippen LogP contribution in [0.25, 0.3) is 0 Å².